The predicted molar refractivity (Wildman–Crippen MR) is 79.3 cm³/mol. The zero-order valence-corrected chi connectivity index (χ0v) is 12.4. The van der Waals surface area contributed by atoms with Gasteiger partial charge in [0.05, 0.1) is 5.02 Å². The Morgan fingerprint density at radius 3 is 2.68 bits per heavy atom. The molecule has 19 heavy (non-hydrogen) atoms. The molecule has 0 radical (unpaired) electrons. The molecular weight excluding hydrogens is 263 g/mol. The van der Waals surface area contributed by atoms with E-state index in [9.17, 15) is 4.39 Å². The Morgan fingerprint density at radius 1 is 1.42 bits per heavy atom. The van der Waals surface area contributed by atoms with Gasteiger partial charge in [-0.15, -0.1) is 0 Å². The molecule has 0 spiro atoms. The van der Waals surface area contributed by atoms with Gasteiger partial charge in [0.15, 0.2) is 0 Å². The summed E-state index contributed by atoms with van der Waals surface area (Å²) in [6.07, 6.45) is 2.44. The van der Waals surface area contributed by atoms with Crippen molar-refractivity contribution in [2.24, 2.45) is 5.92 Å². The van der Waals surface area contributed by atoms with Gasteiger partial charge in [0, 0.05) is 11.7 Å². The van der Waals surface area contributed by atoms with Gasteiger partial charge in [-0.2, -0.15) is 0 Å². The maximum absolute atomic E-state index is 13.1. The van der Waals surface area contributed by atoms with Gasteiger partial charge < -0.3 is 10.2 Å². The van der Waals surface area contributed by atoms with Crippen molar-refractivity contribution in [2.45, 2.75) is 32.7 Å². The van der Waals surface area contributed by atoms with E-state index in [0.717, 1.165) is 12.2 Å². The Bertz CT molecular complexity index is 417. The quantitative estimate of drug-likeness (QED) is 0.899. The van der Waals surface area contributed by atoms with Crippen molar-refractivity contribution in [3.8, 4) is 0 Å². The first-order chi connectivity index (χ1) is 9.10. The molecule has 1 aliphatic heterocycles. The highest BCUT2D eigenvalue weighted by atomic mass is 35.5. The van der Waals surface area contributed by atoms with Crippen LogP contribution in [0.25, 0.3) is 0 Å². The van der Waals surface area contributed by atoms with E-state index in [4.69, 9.17) is 11.6 Å². The normalized spacial score (nSPS) is 19.4. The molecule has 4 heteroatoms. The maximum atomic E-state index is 13.1. The van der Waals surface area contributed by atoms with E-state index in [0.29, 0.717) is 12.0 Å². The summed E-state index contributed by atoms with van der Waals surface area (Å²) in [5.74, 6) is 0.308. The number of likely N-dealkylation sites (tertiary alicyclic amines) is 1. The summed E-state index contributed by atoms with van der Waals surface area (Å²) >= 11 is 5.80. The Hall–Kier alpha value is -0.800. The highest BCUT2D eigenvalue weighted by Crippen LogP contribution is 2.25. The third-order valence-corrected chi connectivity index (χ3v) is 4.39. The van der Waals surface area contributed by atoms with Crippen molar-refractivity contribution in [3.05, 3.63) is 29.0 Å². The number of halogens is 2. The molecule has 1 aliphatic rings. The summed E-state index contributed by atoms with van der Waals surface area (Å²) in [6.45, 7) is 7.91. The van der Waals surface area contributed by atoms with Crippen LogP contribution in [0.3, 0.4) is 0 Å². The summed E-state index contributed by atoms with van der Waals surface area (Å²) in [6, 6.07) is 5.21. The number of nitrogens with zero attached hydrogens (tertiary/aromatic N) is 1. The fraction of sp³-hybridized carbons (Fsp3) is 0.600. The number of anilines is 1. The number of piperidine rings is 1. The molecule has 1 atom stereocenters. The SMILES string of the molecule is CCN1CCC(C(C)Nc2ccc(F)c(Cl)c2)CC1. The molecule has 1 aromatic carbocycles. The molecule has 1 heterocycles. The second kappa shape index (κ2) is 6.58. The number of hydrogen-bond donors (Lipinski definition) is 1. The van der Waals surface area contributed by atoms with E-state index in [2.05, 4.69) is 24.1 Å². The Labute approximate surface area is 119 Å². The van der Waals surface area contributed by atoms with Crippen molar-refractivity contribution in [3.63, 3.8) is 0 Å². The van der Waals surface area contributed by atoms with Crippen LogP contribution in [0.1, 0.15) is 26.7 Å². The topological polar surface area (TPSA) is 15.3 Å². The van der Waals surface area contributed by atoms with Crippen LogP contribution in [-0.2, 0) is 0 Å². The van der Waals surface area contributed by atoms with Gasteiger partial charge in [-0.1, -0.05) is 18.5 Å². The van der Waals surface area contributed by atoms with Crippen LogP contribution in [0.5, 0.6) is 0 Å². The lowest BCUT2D eigenvalue weighted by Gasteiger charge is -2.34. The highest BCUT2D eigenvalue weighted by molar-refractivity contribution is 6.31. The molecule has 0 aromatic heterocycles. The Morgan fingerprint density at radius 2 is 2.11 bits per heavy atom. The first-order valence-electron chi connectivity index (χ1n) is 7.04. The lowest BCUT2D eigenvalue weighted by molar-refractivity contribution is 0.183. The van der Waals surface area contributed by atoms with Crippen LogP contribution >= 0.6 is 11.6 Å². The monoisotopic (exact) mass is 284 g/mol. The molecule has 0 bridgehead atoms. The average molecular weight is 285 g/mol. The number of hydrogen-bond acceptors (Lipinski definition) is 2. The molecule has 106 valence electrons. The molecular formula is C15H22ClFN2. The predicted octanol–water partition coefficient (Wildman–Crippen LogP) is 4.01. The van der Waals surface area contributed by atoms with E-state index < -0.39 is 0 Å². The van der Waals surface area contributed by atoms with E-state index in [1.807, 2.05) is 0 Å². The van der Waals surface area contributed by atoms with Gasteiger partial charge in [-0.3, -0.25) is 0 Å². The molecule has 0 saturated carbocycles. The fourth-order valence-corrected chi connectivity index (χ4v) is 2.92. The lowest BCUT2D eigenvalue weighted by Crippen LogP contribution is -2.39. The summed E-state index contributed by atoms with van der Waals surface area (Å²) < 4.78 is 13.1. The van der Waals surface area contributed by atoms with Crippen molar-refractivity contribution in [2.75, 3.05) is 25.0 Å². The smallest absolute Gasteiger partial charge is 0.141 e. The van der Waals surface area contributed by atoms with Gasteiger partial charge in [0.25, 0.3) is 0 Å². The van der Waals surface area contributed by atoms with E-state index in [1.165, 1.54) is 32.0 Å². The van der Waals surface area contributed by atoms with Gasteiger partial charge in [-0.25, -0.2) is 4.39 Å². The molecule has 2 rings (SSSR count). The molecule has 1 N–H and O–H groups in total. The second-order valence-electron chi connectivity index (χ2n) is 5.33. The summed E-state index contributed by atoms with van der Waals surface area (Å²) in [4.78, 5) is 2.48. The Balaban J connectivity index is 1.90. The molecule has 1 saturated heterocycles. The van der Waals surface area contributed by atoms with Gasteiger partial charge in [0.2, 0.25) is 0 Å². The van der Waals surface area contributed by atoms with Gasteiger partial charge in [0.1, 0.15) is 5.82 Å². The minimum absolute atomic E-state index is 0.179. The first kappa shape index (κ1) is 14.6. The second-order valence-corrected chi connectivity index (χ2v) is 5.74. The van der Waals surface area contributed by atoms with E-state index >= 15 is 0 Å². The zero-order valence-electron chi connectivity index (χ0n) is 11.6. The zero-order chi connectivity index (χ0) is 13.8. The van der Waals surface area contributed by atoms with Gasteiger partial charge in [-0.05, 0) is 63.5 Å². The third-order valence-electron chi connectivity index (χ3n) is 4.10. The van der Waals surface area contributed by atoms with Crippen LogP contribution in [0.15, 0.2) is 18.2 Å². The van der Waals surface area contributed by atoms with Gasteiger partial charge >= 0.3 is 0 Å². The van der Waals surface area contributed by atoms with Crippen LogP contribution in [0.4, 0.5) is 10.1 Å². The molecule has 1 aromatic rings. The maximum Gasteiger partial charge on any atom is 0.141 e. The lowest BCUT2D eigenvalue weighted by atomic mass is 9.90. The van der Waals surface area contributed by atoms with Crippen molar-refractivity contribution in [1.29, 1.82) is 0 Å². The van der Waals surface area contributed by atoms with Crippen molar-refractivity contribution in [1.82, 2.24) is 4.90 Å². The average Bonchev–Trinajstić information content (AvgIpc) is 2.43. The van der Waals surface area contributed by atoms with Crippen molar-refractivity contribution < 1.29 is 4.39 Å². The minimum atomic E-state index is -0.365. The fourth-order valence-electron chi connectivity index (χ4n) is 2.74. The summed E-state index contributed by atoms with van der Waals surface area (Å²) in [7, 11) is 0. The van der Waals surface area contributed by atoms with Crippen LogP contribution in [-0.4, -0.2) is 30.6 Å². The molecule has 2 nitrogen and oxygen atoms in total. The number of nitrogens with one attached hydrogen (secondary N) is 1. The van der Waals surface area contributed by atoms with Crippen LogP contribution in [0.2, 0.25) is 5.02 Å². The van der Waals surface area contributed by atoms with E-state index in [-0.39, 0.29) is 10.8 Å². The first-order valence-corrected chi connectivity index (χ1v) is 7.42. The van der Waals surface area contributed by atoms with E-state index in [1.54, 1.807) is 12.1 Å². The molecule has 1 fully saturated rings. The summed E-state index contributed by atoms with van der Waals surface area (Å²) in [5.41, 5.74) is 0.900. The molecule has 0 aliphatic carbocycles. The Kier molecular flexibility index (Phi) is 5.06. The van der Waals surface area contributed by atoms with Crippen LogP contribution in [0, 0.1) is 11.7 Å². The van der Waals surface area contributed by atoms with Crippen LogP contribution < -0.4 is 5.32 Å². The highest BCUT2D eigenvalue weighted by Gasteiger charge is 2.23. The standard InChI is InChI=1S/C15H22ClFN2/c1-3-19-8-6-12(7-9-19)11(2)18-13-4-5-15(17)14(16)10-13/h4-5,10-12,18H,3,6-9H2,1-2H3. The molecule has 0 amide bonds. The minimum Gasteiger partial charge on any atom is -0.382 e. The third kappa shape index (κ3) is 3.83. The largest absolute Gasteiger partial charge is 0.382 e. The number of benzene rings is 1. The van der Waals surface area contributed by atoms with Crippen molar-refractivity contribution >= 4 is 17.3 Å². The molecule has 1 unspecified atom stereocenters. The number of rotatable bonds is 4. The summed E-state index contributed by atoms with van der Waals surface area (Å²) in [5, 5.41) is 3.62.